The van der Waals surface area contributed by atoms with Gasteiger partial charge in [-0.05, 0) is 6.42 Å². The van der Waals surface area contributed by atoms with Crippen LogP contribution < -0.4 is 0 Å². The second kappa shape index (κ2) is 3.66. The van der Waals surface area contributed by atoms with Crippen molar-refractivity contribution in [2.75, 3.05) is 0 Å². The van der Waals surface area contributed by atoms with E-state index in [1.54, 1.807) is 0 Å². The number of cyclic esters (lactones) is 1. The Balaban J connectivity index is 2.94. The van der Waals surface area contributed by atoms with Gasteiger partial charge in [0.1, 0.15) is 6.10 Å². The highest BCUT2D eigenvalue weighted by Crippen LogP contribution is 2.24. The summed E-state index contributed by atoms with van der Waals surface area (Å²) in [5.74, 6) is -0.260. The predicted molar refractivity (Wildman–Crippen MR) is 56.2 cm³/mol. The molecule has 0 aromatic carbocycles. The first-order valence-corrected chi connectivity index (χ1v) is 8.27. The lowest BCUT2D eigenvalue weighted by molar-refractivity contribution is -0.138. The van der Waals surface area contributed by atoms with Crippen molar-refractivity contribution in [1.29, 1.82) is 0 Å². The smallest absolute Gasteiger partial charge is 0.333 e. The van der Waals surface area contributed by atoms with Crippen molar-refractivity contribution in [2.24, 2.45) is 0 Å². The van der Waals surface area contributed by atoms with Crippen LogP contribution in [-0.2, 0) is 9.53 Å². The Morgan fingerprint density at radius 2 is 2.31 bits per heavy atom. The van der Waals surface area contributed by atoms with Crippen LogP contribution in [0.25, 0.3) is 0 Å². The van der Waals surface area contributed by atoms with Gasteiger partial charge in [-0.2, -0.15) is 0 Å². The third kappa shape index (κ3) is 2.99. The summed E-state index contributed by atoms with van der Waals surface area (Å²) in [6.45, 7) is 8.23. The zero-order valence-electron chi connectivity index (χ0n) is 9.81. The summed E-state index contributed by atoms with van der Waals surface area (Å²) in [7, 11) is -1.66. The molecule has 1 rings (SSSR count). The molecule has 0 spiro atoms. The lowest BCUT2D eigenvalue weighted by Gasteiger charge is -2.09. The van der Waals surface area contributed by atoms with Gasteiger partial charge in [-0.25, -0.2) is 4.79 Å². The van der Waals surface area contributed by atoms with Crippen LogP contribution in [0.5, 0.6) is 0 Å². The van der Waals surface area contributed by atoms with E-state index in [2.05, 4.69) is 19.6 Å². The fraction of sp³-hybridized carbons (Fsp3) is 0.700. The molecule has 1 atom stereocenters. The molecule has 0 radical (unpaired) electrons. The normalized spacial score (nSPS) is 28.5. The van der Waals surface area contributed by atoms with Gasteiger partial charge < -0.3 is 4.74 Å². The van der Waals surface area contributed by atoms with Crippen molar-refractivity contribution < 1.29 is 10.9 Å². The molecule has 3 heteroatoms. The second-order valence-corrected chi connectivity index (χ2v) is 9.24. The standard InChI is InChI=1S/C10H18O2Si/c1-5-9-6-8(10(11)12-9)7-13(2,3)4/h7,9H,5-6H2,1-4H3/b8-7+/i7D. The first-order chi connectivity index (χ1) is 6.36. The Kier molecular flexibility index (Phi) is 2.53. The zero-order chi connectivity index (χ0) is 10.9. The average molecular weight is 199 g/mol. The van der Waals surface area contributed by atoms with E-state index < -0.39 is 8.07 Å². The SMILES string of the molecule is [2H]/C(=C1/CC(CC)OC1=O)[Si](C)(C)C. The maximum absolute atomic E-state index is 11.5. The van der Waals surface area contributed by atoms with E-state index in [1.165, 1.54) is 0 Å². The van der Waals surface area contributed by atoms with Gasteiger partial charge in [0.25, 0.3) is 0 Å². The number of carbonyl (C=O) groups excluding carboxylic acids is 1. The monoisotopic (exact) mass is 199 g/mol. The van der Waals surface area contributed by atoms with Gasteiger partial charge in [0, 0.05) is 12.0 Å². The number of hydrogen-bond acceptors (Lipinski definition) is 2. The average Bonchev–Trinajstić information content (AvgIpc) is 2.43. The van der Waals surface area contributed by atoms with Crippen LogP contribution in [0, 0.1) is 0 Å². The van der Waals surface area contributed by atoms with Gasteiger partial charge in [0.2, 0.25) is 0 Å². The van der Waals surface area contributed by atoms with Crippen LogP contribution >= 0.6 is 0 Å². The van der Waals surface area contributed by atoms with Gasteiger partial charge in [-0.3, -0.25) is 0 Å². The topological polar surface area (TPSA) is 26.3 Å². The molecule has 0 aliphatic carbocycles. The van der Waals surface area contributed by atoms with Gasteiger partial charge >= 0.3 is 5.97 Å². The van der Waals surface area contributed by atoms with E-state index in [1.807, 2.05) is 6.92 Å². The van der Waals surface area contributed by atoms with Gasteiger partial charge in [0.05, 0.1) is 9.44 Å². The minimum Gasteiger partial charge on any atom is -0.459 e. The molecule has 2 nitrogen and oxygen atoms in total. The largest absolute Gasteiger partial charge is 0.459 e. The van der Waals surface area contributed by atoms with Crippen LogP contribution in [-0.4, -0.2) is 20.1 Å². The van der Waals surface area contributed by atoms with Crippen molar-refractivity contribution in [3.05, 3.63) is 11.2 Å². The summed E-state index contributed by atoms with van der Waals surface area (Å²) in [6.07, 6.45) is 1.49. The van der Waals surface area contributed by atoms with E-state index in [9.17, 15) is 4.79 Å². The summed E-state index contributed by atoms with van der Waals surface area (Å²) in [6, 6.07) is 0. The number of esters is 1. The lowest BCUT2D eigenvalue weighted by atomic mass is 10.1. The third-order valence-electron chi connectivity index (χ3n) is 1.93. The molecule has 1 aliphatic rings. The number of rotatable bonds is 2. The van der Waals surface area contributed by atoms with E-state index in [4.69, 9.17) is 6.11 Å². The molecule has 1 unspecified atom stereocenters. The van der Waals surface area contributed by atoms with Crippen LogP contribution in [0.1, 0.15) is 21.1 Å². The molecule has 1 saturated heterocycles. The fourth-order valence-corrected chi connectivity index (χ4v) is 2.47. The molecule has 0 aromatic heterocycles. The van der Waals surface area contributed by atoms with Gasteiger partial charge in [0.15, 0.2) is 0 Å². The van der Waals surface area contributed by atoms with Crippen molar-refractivity contribution in [3.63, 3.8) is 0 Å². The van der Waals surface area contributed by atoms with Crippen LogP contribution in [0.3, 0.4) is 0 Å². The third-order valence-corrected chi connectivity index (χ3v) is 2.98. The van der Waals surface area contributed by atoms with Crippen molar-refractivity contribution >= 4 is 14.0 Å². The number of hydrogen-bond donors (Lipinski definition) is 0. The molecule has 74 valence electrons. The minimum atomic E-state index is -1.66. The quantitative estimate of drug-likeness (QED) is 0.388. The first-order valence-electron chi connectivity index (χ1n) is 5.27. The summed E-state index contributed by atoms with van der Waals surface area (Å²) in [5.41, 5.74) is 1.18. The molecular formula is C10H18O2Si. The fourth-order valence-electron chi connectivity index (χ4n) is 1.36. The summed E-state index contributed by atoms with van der Waals surface area (Å²) >= 11 is 0. The molecule has 0 bridgehead atoms. The minimum absolute atomic E-state index is 0.00852. The second-order valence-electron chi connectivity index (χ2n) is 4.49. The Labute approximate surface area is 82.4 Å². The highest BCUT2D eigenvalue weighted by atomic mass is 28.3. The maximum Gasteiger partial charge on any atom is 0.333 e. The molecule has 0 amide bonds. The lowest BCUT2D eigenvalue weighted by Crippen LogP contribution is -2.17. The molecule has 0 saturated carbocycles. The Bertz CT molecular complexity index is 278. The van der Waals surface area contributed by atoms with Crippen molar-refractivity contribution in [1.82, 2.24) is 0 Å². The zero-order valence-corrected chi connectivity index (χ0v) is 9.81. The van der Waals surface area contributed by atoms with E-state index in [-0.39, 0.29) is 12.1 Å². The van der Waals surface area contributed by atoms with Gasteiger partial charge in [-0.15, -0.1) is 0 Å². The summed E-state index contributed by atoms with van der Waals surface area (Å²) in [5, 5.41) is 0. The Morgan fingerprint density at radius 1 is 1.69 bits per heavy atom. The van der Waals surface area contributed by atoms with Crippen molar-refractivity contribution in [3.8, 4) is 0 Å². The molecule has 1 aliphatic heterocycles. The van der Waals surface area contributed by atoms with Crippen LogP contribution in [0.4, 0.5) is 0 Å². The highest BCUT2D eigenvalue weighted by molar-refractivity contribution is 6.81. The molecule has 0 aromatic rings. The summed E-state index contributed by atoms with van der Waals surface area (Å²) < 4.78 is 13.1. The Morgan fingerprint density at radius 3 is 2.69 bits per heavy atom. The Hall–Kier alpha value is -0.573. The number of carbonyl (C=O) groups is 1. The maximum atomic E-state index is 11.5. The van der Waals surface area contributed by atoms with Gasteiger partial charge in [-0.1, -0.05) is 32.2 Å². The first kappa shape index (κ1) is 9.00. The van der Waals surface area contributed by atoms with E-state index >= 15 is 0 Å². The molecule has 0 N–H and O–H groups in total. The molecule has 1 fully saturated rings. The van der Waals surface area contributed by atoms with E-state index in [0.29, 0.717) is 17.7 Å². The number of ether oxygens (including phenoxy) is 1. The van der Waals surface area contributed by atoms with Crippen LogP contribution in [0.15, 0.2) is 11.2 Å². The van der Waals surface area contributed by atoms with Crippen LogP contribution in [0.2, 0.25) is 19.6 Å². The summed E-state index contributed by atoms with van der Waals surface area (Å²) in [4.78, 5) is 11.5. The predicted octanol–water partition coefficient (Wildman–Crippen LogP) is 2.52. The molecule has 1 heterocycles. The van der Waals surface area contributed by atoms with Crippen molar-refractivity contribution in [2.45, 2.75) is 45.5 Å². The molecule has 13 heavy (non-hydrogen) atoms. The van der Waals surface area contributed by atoms with E-state index in [0.717, 1.165) is 6.42 Å². The highest BCUT2D eigenvalue weighted by Gasteiger charge is 2.28. The molecular weight excluding hydrogens is 180 g/mol.